The molecule has 1 unspecified atom stereocenters. The average molecular weight is 341 g/mol. The number of hydrogen-bond donors (Lipinski definition) is 0. The first-order chi connectivity index (χ1) is 9.80. The minimum atomic E-state index is 0.744. The molecule has 20 heavy (non-hydrogen) atoms. The second-order valence-corrected chi connectivity index (χ2v) is 6.28. The summed E-state index contributed by atoms with van der Waals surface area (Å²) in [6.45, 7) is 2.27. The van der Waals surface area contributed by atoms with Crippen molar-refractivity contribution in [2.24, 2.45) is 5.92 Å². The molecule has 0 radical (unpaired) electrons. The number of benzene rings is 1. The van der Waals surface area contributed by atoms with E-state index in [-0.39, 0.29) is 0 Å². The topological polar surface area (TPSA) is 9.23 Å². The second kappa shape index (κ2) is 11.2. The van der Waals surface area contributed by atoms with Crippen molar-refractivity contribution < 1.29 is 4.74 Å². The Balaban J connectivity index is 2.27. The van der Waals surface area contributed by atoms with Crippen molar-refractivity contribution >= 4 is 15.9 Å². The first-order valence-corrected chi connectivity index (χ1v) is 9.11. The van der Waals surface area contributed by atoms with Crippen LogP contribution in [0.5, 0.6) is 5.75 Å². The van der Waals surface area contributed by atoms with Gasteiger partial charge in [-0.25, -0.2) is 0 Å². The van der Waals surface area contributed by atoms with Gasteiger partial charge in [0, 0.05) is 5.33 Å². The van der Waals surface area contributed by atoms with Gasteiger partial charge < -0.3 is 4.74 Å². The van der Waals surface area contributed by atoms with Crippen molar-refractivity contribution in [3.63, 3.8) is 0 Å². The van der Waals surface area contributed by atoms with Gasteiger partial charge in [0.05, 0.1) is 7.11 Å². The van der Waals surface area contributed by atoms with Crippen LogP contribution in [0.2, 0.25) is 0 Å². The first kappa shape index (κ1) is 17.6. The fourth-order valence-corrected chi connectivity index (χ4v) is 3.13. The molecule has 0 aliphatic carbocycles. The summed E-state index contributed by atoms with van der Waals surface area (Å²) in [5.74, 6) is 1.71. The van der Waals surface area contributed by atoms with Crippen molar-refractivity contribution in [2.75, 3.05) is 12.4 Å². The lowest BCUT2D eigenvalue weighted by molar-refractivity contribution is 0.413. The predicted molar refractivity (Wildman–Crippen MR) is 92.0 cm³/mol. The third kappa shape index (κ3) is 7.33. The summed E-state index contributed by atoms with van der Waals surface area (Å²) < 4.78 is 5.29. The van der Waals surface area contributed by atoms with E-state index in [1.165, 1.54) is 50.5 Å². The molecule has 0 saturated carbocycles. The molecule has 0 heterocycles. The number of ether oxygens (including phenoxy) is 1. The molecule has 1 aromatic carbocycles. The van der Waals surface area contributed by atoms with Crippen LogP contribution in [-0.4, -0.2) is 12.4 Å². The fourth-order valence-electron chi connectivity index (χ4n) is 2.58. The van der Waals surface area contributed by atoms with E-state index in [1.807, 2.05) is 6.07 Å². The number of hydrogen-bond acceptors (Lipinski definition) is 1. The van der Waals surface area contributed by atoms with E-state index in [1.54, 1.807) is 7.11 Å². The van der Waals surface area contributed by atoms with Crippen LogP contribution in [0, 0.1) is 5.92 Å². The minimum Gasteiger partial charge on any atom is -0.497 e. The van der Waals surface area contributed by atoms with Crippen molar-refractivity contribution in [3.05, 3.63) is 29.8 Å². The molecule has 0 amide bonds. The Bertz CT molecular complexity index is 351. The Morgan fingerprint density at radius 3 is 2.55 bits per heavy atom. The van der Waals surface area contributed by atoms with Crippen molar-refractivity contribution in [2.45, 2.75) is 58.3 Å². The van der Waals surface area contributed by atoms with Crippen LogP contribution in [0.1, 0.15) is 57.4 Å². The highest BCUT2D eigenvalue weighted by atomic mass is 79.9. The van der Waals surface area contributed by atoms with Crippen LogP contribution in [0.3, 0.4) is 0 Å². The average Bonchev–Trinajstić information content (AvgIpc) is 2.49. The Morgan fingerprint density at radius 2 is 1.85 bits per heavy atom. The summed E-state index contributed by atoms with van der Waals surface area (Å²) in [6.07, 6.45) is 10.8. The zero-order chi connectivity index (χ0) is 14.6. The van der Waals surface area contributed by atoms with Gasteiger partial charge in [-0.3, -0.25) is 0 Å². The molecule has 0 fully saturated rings. The smallest absolute Gasteiger partial charge is 0.119 e. The van der Waals surface area contributed by atoms with Gasteiger partial charge in [-0.05, 0) is 36.5 Å². The fraction of sp³-hybridized carbons (Fsp3) is 0.667. The SMILES string of the molecule is CCCCCCCCC(CBr)Cc1cccc(OC)c1. The van der Waals surface area contributed by atoms with Gasteiger partial charge in [0.25, 0.3) is 0 Å². The molecule has 0 N–H and O–H groups in total. The largest absolute Gasteiger partial charge is 0.497 e. The van der Waals surface area contributed by atoms with E-state index < -0.39 is 0 Å². The van der Waals surface area contributed by atoms with Gasteiger partial charge in [-0.15, -0.1) is 0 Å². The molecule has 1 aromatic rings. The van der Waals surface area contributed by atoms with Gasteiger partial charge in [-0.1, -0.05) is 73.5 Å². The molecule has 1 nitrogen and oxygen atoms in total. The molecule has 1 rings (SSSR count). The standard InChI is InChI=1S/C18H29BrO/c1-3-4-5-6-7-8-10-17(15-19)13-16-11-9-12-18(14-16)20-2/h9,11-12,14,17H,3-8,10,13,15H2,1-2H3. The lowest BCUT2D eigenvalue weighted by atomic mass is 9.95. The number of unbranched alkanes of at least 4 members (excludes halogenated alkanes) is 5. The zero-order valence-corrected chi connectivity index (χ0v) is 14.6. The molecule has 0 spiro atoms. The second-order valence-electron chi connectivity index (χ2n) is 5.63. The lowest BCUT2D eigenvalue weighted by Crippen LogP contribution is -2.06. The molecule has 2 heteroatoms. The van der Waals surface area contributed by atoms with Crippen LogP contribution in [-0.2, 0) is 6.42 Å². The Labute approximate surface area is 133 Å². The summed E-state index contributed by atoms with van der Waals surface area (Å²) in [5, 5.41) is 1.10. The van der Waals surface area contributed by atoms with E-state index in [2.05, 4.69) is 41.1 Å². The molecule has 1 atom stereocenters. The van der Waals surface area contributed by atoms with Crippen molar-refractivity contribution in [1.82, 2.24) is 0 Å². The zero-order valence-electron chi connectivity index (χ0n) is 13.0. The quantitative estimate of drug-likeness (QED) is 0.354. The number of methoxy groups -OCH3 is 1. The highest BCUT2D eigenvalue weighted by Crippen LogP contribution is 2.21. The maximum Gasteiger partial charge on any atom is 0.119 e. The summed E-state index contributed by atoms with van der Waals surface area (Å²) in [4.78, 5) is 0. The molecule has 0 saturated heterocycles. The molecular formula is C18H29BrO. The van der Waals surface area contributed by atoms with Crippen molar-refractivity contribution in [3.8, 4) is 5.75 Å². The molecule has 114 valence electrons. The monoisotopic (exact) mass is 340 g/mol. The van der Waals surface area contributed by atoms with Crippen LogP contribution < -0.4 is 4.74 Å². The van der Waals surface area contributed by atoms with Crippen molar-refractivity contribution in [1.29, 1.82) is 0 Å². The Morgan fingerprint density at radius 1 is 1.10 bits per heavy atom. The normalized spacial score (nSPS) is 12.3. The number of alkyl halides is 1. The van der Waals surface area contributed by atoms with E-state index in [4.69, 9.17) is 4.74 Å². The van der Waals surface area contributed by atoms with Gasteiger partial charge >= 0.3 is 0 Å². The van der Waals surface area contributed by atoms with Gasteiger partial charge in [-0.2, -0.15) is 0 Å². The predicted octanol–water partition coefficient (Wildman–Crippen LogP) is 6.00. The highest BCUT2D eigenvalue weighted by Gasteiger charge is 2.08. The summed E-state index contributed by atoms with van der Waals surface area (Å²) in [5.41, 5.74) is 1.39. The maximum absolute atomic E-state index is 5.29. The lowest BCUT2D eigenvalue weighted by Gasteiger charge is -2.14. The Hall–Kier alpha value is -0.500. The van der Waals surface area contributed by atoms with Crippen LogP contribution in [0.25, 0.3) is 0 Å². The van der Waals surface area contributed by atoms with E-state index in [0.717, 1.165) is 23.4 Å². The minimum absolute atomic E-state index is 0.744. The molecule has 0 bridgehead atoms. The molecule has 0 aliphatic heterocycles. The third-order valence-corrected chi connectivity index (χ3v) is 4.76. The summed E-state index contributed by atoms with van der Waals surface area (Å²) >= 11 is 3.67. The summed E-state index contributed by atoms with van der Waals surface area (Å²) in [7, 11) is 1.73. The summed E-state index contributed by atoms with van der Waals surface area (Å²) in [6, 6.07) is 8.47. The van der Waals surface area contributed by atoms with Crippen LogP contribution >= 0.6 is 15.9 Å². The van der Waals surface area contributed by atoms with E-state index in [0.29, 0.717) is 0 Å². The van der Waals surface area contributed by atoms with Crippen LogP contribution in [0.15, 0.2) is 24.3 Å². The van der Waals surface area contributed by atoms with Gasteiger partial charge in [0.1, 0.15) is 5.75 Å². The maximum atomic E-state index is 5.29. The van der Waals surface area contributed by atoms with Crippen LogP contribution in [0.4, 0.5) is 0 Å². The third-order valence-electron chi connectivity index (χ3n) is 3.84. The van der Waals surface area contributed by atoms with E-state index in [9.17, 15) is 0 Å². The van der Waals surface area contributed by atoms with Gasteiger partial charge in [0.15, 0.2) is 0 Å². The number of halogens is 1. The Kier molecular flexibility index (Phi) is 9.82. The highest BCUT2D eigenvalue weighted by molar-refractivity contribution is 9.09. The van der Waals surface area contributed by atoms with Gasteiger partial charge in [0.2, 0.25) is 0 Å². The molecular weight excluding hydrogens is 312 g/mol. The molecule has 0 aromatic heterocycles. The number of rotatable bonds is 11. The molecule has 0 aliphatic rings. The van der Waals surface area contributed by atoms with E-state index >= 15 is 0 Å². The first-order valence-electron chi connectivity index (χ1n) is 7.99.